The highest BCUT2D eigenvalue weighted by molar-refractivity contribution is 7.15. The number of likely N-dealkylation sites (N-methyl/N-ethyl adjacent to an activating group) is 1. The van der Waals surface area contributed by atoms with Crippen molar-refractivity contribution >= 4 is 16.5 Å². The largest absolute Gasteiger partial charge is 0.383 e. The van der Waals surface area contributed by atoms with Crippen LogP contribution >= 0.6 is 11.3 Å². The van der Waals surface area contributed by atoms with E-state index in [9.17, 15) is 0 Å². The zero-order chi connectivity index (χ0) is 10.4. The van der Waals surface area contributed by atoms with E-state index < -0.39 is 0 Å². The number of thiazole rings is 1. The van der Waals surface area contributed by atoms with Crippen LogP contribution in [0.5, 0.6) is 0 Å². The average molecular weight is 216 g/mol. The summed E-state index contributed by atoms with van der Waals surface area (Å²) < 4.78 is 4.99. The van der Waals surface area contributed by atoms with Gasteiger partial charge in [-0.2, -0.15) is 0 Å². The quantitative estimate of drug-likeness (QED) is 0.536. The molecule has 1 heterocycles. The molecule has 0 unspecified atom stereocenters. The maximum Gasteiger partial charge on any atom is 0.197 e. The van der Waals surface area contributed by atoms with Crippen LogP contribution in [0.4, 0.5) is 5.13 Å². The first-order valence-electron chi connectivity index (χ1n) is 4.35. The van der Waals surface area contributed by atoms with E-state index in [2.05, 4.69) is 15.3 Å². The average Bonchev–Trinajstić information content (AvgIpc) is 2.62. The van der Waals surface area contributed by atoms with Gasteiger partial charge in [0, 0.05) is 31.3 Å². The molecule has 0 aliphatic carbocycles. The van der Waals surface area contributed by atoms with Gasteiger partial charge in [0.15, 0.2) is 5.13 Å². The highest BCUT2D eigenvalue weighted by Gasteiger charge is 2.03. The van der Waals surface area contributed by atoms with Gasteiger partial charge in [0.05, 0.1) is 6.61 Å². The molecule has 0 aromatic carbocycles. The van der Waals surface area contributed by atoms with Gasteiger partial charge < -0.3 is 4.74 Å². The third-order valence-electron chi connectivity index (χ3n) is 1.78. The van der Waals surface area contributed by atoms with Crippen LogP contribution in [0.1, 0.15) is 4.88 Å². The summed E-state index contributed by atoms with van der Waals surface area (Å²) in [5.41, 5.74) is 2.53. The molecule has 0 saturated carbocycles. The Hall–Kier alpha value is -0.690. The van der Waals surface area contributed by atoms with Crippen LogP contribution in [0, 0.1) is 0 Å². The predicted molar refractivity (Wildman–Crippen MR) is 58.1 cm³/mol. The summed E-state index contributed by atoms with van der Waals surface area (Å²) in [5.74, 6) is 5.24. The number of methoxy groups -OCH3 is 1. The summed E-state index contributed by atoms with van der Waals surface area (Å²) in [4.78, 5) is 7.46. The molecule has 1 rings (SSSR count). The van der Waals surface area contributed by atoms with Crippen molar-refractivity contribution in [3.63, 3.8) is 0 Å². The van der Waals surface area contributed by atoms with Crippen LogP contribution in [-0.4, -0.2) is 37.2 Å². The van der Waals surface area contributed by atoms with Crippen LogP contribution in [0.15, 0.2) is 6.20 Å². The minimum Gasteiger partial charge on any atom is -0.383 e. The lowest BCUT2D eigenvalue weighted by atomic mass is 10.5. The van der Waals surface area contributed by atoms with Crippen molar-refractivity contribution in [3.8, 4) is 0 Å². The third kappa shape index (κ3) is 3.59. The molecule has 0 aliphatic rings. The maximum absolute atomic E-state index is 5.24. The molecule has 0 bridgehead atoms. The van der Waals surface area contributed by atoms with E-state index in [1.165, 1.54) is 4.88 Å². The molecule has 0 atom stereocenters. The molecular weight excluding hydrogens is 200 g/mol. The predicted octanol–water partition coefficient (Wildman–Crippen LogP) is 0.507. The van der Waals surface area contributed by atoms with Crippen LogP contribution in [0.25, 0.3) is 0 Å². The Kier molecular flexibility index (Phi) is 4.81. The standard InChI is InChI=1S/C8H16N4OS/c1-12(3-4-13-2)6-7-5-10-8(11-9)14-7/h5H,3-4,6,9H2,1-2H3,(H,10,11). The summed E-state index contributed by atoms with van der Waals surface area (Å²) in [6, 6.07) is 0. The zero-order valence-electron chi connectivity index (χ0n) is 8.49. The number of aromatic nitrogens is 1. The first-order chi connectivity index (χ1) is 6.76. The molecule has 80 valence electrons. The Labute approximate surface area is 87.8 Å². The molecule has 0 fully saturated rings. The Bertz CT molecular complexity index is 266. The van der Waals surface area contributed by atoms with Crippen molar-refractivity contribution in [2.75, 3.05) is 32.7 Å². The van der Waals surface area contributed by atoms with E-state index in [0.29, 0.717) is 0 Å². The van der Waals surface area contributed by atoms with Gasteiger partial charge in [-0.3, -0.25) is 10.3 Å². The minimum atomic E-state index is 0.747. The zero-order valence-corrected chi connectivity index (χ0v) is 9.30. The lowest BCUT2D eigenvalue weighted by molar-refractivity contribution is 0.159. The number of rotatable bonds is 6. The van der Waals surface area contributed by atoms with Gasteiger partial charge in [-0.1, -0.05) is 11.3 Å². The molecule has 0 spiro atoms. The van der Waals surface area contributed by atoms with E-state index in [0.717, 1.165) is 24.8 Å². The van der Waals surface area contributed by atoms with Gasteiger partial charge in [0.2, 0.25) is 0 Å². The SMILES string of the molecule is COCCN(C)Cc1cnc(NN)s1. The fourth-order valence-corrected chi connectivity index (χ4v) is 1.84. The molecule has 5 nitrogen and oxygen atoms in total. The van der Waals surface area contributed by atoms with Gasteiger partial charge in [-0.25, -0.2) is 10.8 Å². The van der Waals surface area contributed by atoms with E-state index in [1.807, 2.05) is 13.2 Å². The molecule has 14 heavy (non-hydrogen) atoms. The number of nitrogens with one attached hydrogen (secondary N) is 1. The first-order valence-corrected chi connectivity index (χ1v) is 5.16. The fourth-order valence-electron chi connectivity index (χ4n) is 1.04. The molecule has 1 aromatic rings. The molecule has 0 aliphatic heterocycles. The second kappa shape index (κ2) is 5.92. The monoisotopic (exact) mass is 216 g/mol. The first kappa shape index (κ1) is 11.4. The van der Waals surface area contributed by atoms with Gasteiger partial charge >= 0.3 is 0 Å². The summed E-state index contributed by atoms with van der Waals surface area (Å²) in [7, 11) is 3.76. The normalized spacial score (nSPS) is 10.9. The van der Waals surface area contributed by atoms with Crippen molar-refractivity contribution in [2.45, 2.75) is 6.54 Å². The summed E-state index contributed by atoms with van der Waals surface area (Å²) in [6.07, 6.45) is 1.84. The van der Waals surface area contributed by atoms with E-state index >= 15 is 0 Å². The highest BCUT2D eigenvalue weighted by atomic mass is 32.1. The lowest BCUT2D eigenvalue weighted by Gasteiger charge is -2.13. The molecular formula is C8H16N4OS. The number of hydrazine groups is 1. The molecule has 0 saturated heterocycles. The number of hydrogen-bond donors (Lipinski definition) is 2. The topological polar surface area (TPSA) is 63.4 Å². The van der Waals surface area contributed by atoms with Gasteiger partial charge in [-0.05, 0) is 7.05 Å². The molecule has 0 radical (unpaired) electrons. The summed E-state index contributed by atoms with van der Waals surface area (Å²) in [5, 5.41) is 0.750. The molecule has 1 aromatic heterocycles. The van der Waals surface area contributed by atoms with Crippen LogP contribution in [0.3, 0.4) is 0 Å². The highest BCUT2D eigenvalue weighted by Crippen LogP contribution is 2.17. The smallest absolute Gasteiger partial charge is 0.197 e. The van der Waals surface area contributed by atoms with Crippen molar-refractivity contribution in [1.82, 2.24) is 9.88 Å². The molecule has 0 amide bonds. The molecule has 3 N–H and O–H groups in total. The second-order valence-corrected chi connectivity index (χ2v) is 4.12. The van der Waals surface area contributed by atoms with Crippen LogP contribution in [0.2, 0.25) is 0 Å². The summed E-state index contributed by atoms with van der Waals surface area (Å²) >= 11 is 1.56. The number of nitrogens with two attached hydrogens (primary N) is 1. The number of nitrogens with zero attached hydrogens (tertiary/aromatic N) is 2. The third-order valence-corrected chi connectivity index (χ3v) is 2.69. The maximum atomic E-state index is 5.24. The number of anilines is 1. The Balaban J connectivity index is 2.35. The van der Waals surface area contributed by atoms with Crippen molar-refractivity contribution < 1.29 is 4.74 Å². The Morgan fingerprint density at radius 1 is 1.71 bits per heavy atom. The fraction of sp³-hybridized carbons (Fsp3) is 0.625. The second-order valence-electron chi connectivity index (χ2n) is 3.01. The lowest BCUT2D eigenvalue weighted by Crippen LogP contribution is -2.21. The van der Waals surface area contributed by atoms with E-state index in [4.69, 9.17) is 10.6 Å². The van der Waals surface area contributed by atoms with Gasteiger partial charge in [-0.15, -0.1) is 0 Å². The number of ether oxygens (including phenoxy) is 1. The van der Waals surface area contributed by atoms with E-state index in [1.54, 1.807) is 18.4 Å². The Morgan fingerprint density at radius 3 is 3.07 bits per heavy atom. The summed E-state index contributed by atoms with van der Waals surface area (Å²) in [6.45, 7) is 2.54. The van der Waals surface area contributed by atoms with E-state index in [-0.39, 0.29) is 0 Å². The molecule has 6 heteroatoms. The number of nitrogen functional groups attached to an aromatic ring is 1. The Morgan fingerprint density at radius 2 is 2.50 bits per heavy atom. The minimum absolute atomic E-state index is 0.747. The van der Waals surface area contributed by atoms with Gasteiger partial charge in [0.25, 0.3) is 0 Å². The van der Waals surface area contributed by atoms with Crippen LogP contribution in [-0.2, 0) is 11.3 Å². The van der Waals surface area contributed by atoms with Crippen molar-refractivity contribution in [2.24, 2.45) is 5.84 Å². The van der Waals surface area contributed by atoms with Crippen LogP contribution < -0.4 is 11.3 Å². The van der Waals surface area contributed by atoms with Crippen molar-refractivity contribution in [3.05, 3.63) is 11.1 Å². The number of hydrogen-bond acceptors (Lipinski definition) is 6. The van der Waals surface area contributed by atoms with Crippen molar-refractivity contribution in [1.29, 1.82) is 0 Å². The van der Waals surface area contributed by atoms with Gasteiger partial charge in [0.1, 0.15) is 0 Å².